The van der Waals surface area contributed by atoms with Crippen LogP contribution in [-0.2, 0) is 21.1 Å². The molecule has 0 aliphatic carbocycles. The Morgan fingerprint density at radius 1 is 1.36 bits per heavy atom. The van der Waals surface area contributed by atoms with E-state index in [1.807, 2.05) is 31.2 Å². The number of aryl methyl sites for hydroxylation is 2. The summed E-state index contributed by atoms with van der Waals surface area (Å²) in [6.45, 7) is 1.97. The first-order valence-corrected chi connectivity index (χ1v) is 10.0. The van der Waals surface area contributed by atoms with Crippen LogP contribution in [0.5, 0.6) is 0 Å². The summed E-state index contributed by atoms with van der Waals surface area (Å²) in [6, 6.07) is 7.51. The normalized spacial score (nSPS) is 19.0. The van der Waals surface area contributed by atoms with Crippen LogP contribution in [-0.4, -0.2) is 54.0 Å². The highest BCUT2D eigenvalue weighted by Gasteiger charge is 2.32. The number of sulfone groups is 1. The third kappa shape index (κ3) is 4.07. The quantitative estimate of drug-likeness (QED) is 0.801. The van der Waals surface area contributed by atoms with Crippen LogP contribution in [0.15, 0.2) is 28.8 Å². The maximum absolute atomic E-state index is 12.3. The van der Waals surface area contributed by atoms with Gasteiger partial charge in [0.2, 0.25) is 17.6 Å². The van der Waals surface area contributed by atoms with Crippen LogP contribution in [0.3, 0.4) is 0 Å². The van der Waals surface area contributed by atoms with Crippen molar-refractivity contribution in [2.75, 3.05) is 18.6 Å². The monoisotopic (exact) mass is 363 g/mol. The van der Waals surface area contributed by atoms with Crippen LogP contribution < -0.4 is 0 Å². The Kier molecular flexibility index (Phi) is 4.89. The molecular formula is C17H21N3O4S. The second-order valence-electron chi connectivity index (χ2n) is 6.39. The molecule has 1 aliphatic rings. The molecule has 25 heavy (non-hydrogen) atoms. The lowest BCUT2D eigenvalue weighted by molar-refractivity contribution is -0.131. The van der Waals surface area contributed by atoms with E-state index in [0.717, 1.165) is 11.1 Å². The van der Waals surface area contributed by atoms with Gasteiger partial charge in [-0.1, -0.05) is 29.4 Å². The van der Waals surface area contributed by atoms with Gasteiger partial charge in [0, 0.05) is 31.5 Å². The van der Waals surface area contributed by atoms with Crippen LogP contribution in [0.4, 0.5) is 0 Å². The van der Waals surface area contributed by atoms with Crippen molar-refractivity contribution >= 4 is 15.7 Å². The van der Waals surface area contributed by atoms with Crippen molar-refractivity contribution in [2.24, 2.45) is 0 Å². The van der Waals surface area contributed by atoms with Crippen molar-refractivity contribution in [2.45, 2.75) is 32.2 Å². The number of hydrogen-bond acceptors (Lipinski definition) is 6. The second kappa shape index (κ2) is 6.95. The average Bonchev–Trinajstić information content (AvgIpc) is 3.18. The molecule has 2 heterocycles. The van der Waals surface area contributed by atoms with Gasteiger partial charge in [-0.2, -0.15) is 4.98 Å². The van der Waals surface area contributed by atoms with E-state index in [1.54, 1.807) is 7.05 Å². The summed E-state index contributed by atoms with van der Waals surface area (Å²) in [5, 5.41) is 3.98. The Hall–Kier alpha value is -2.22. The van der Waals surface area contributed by atoms with Gasteiger partial charge in [-0.25, -0.2) is 8.42 Å². The predicted molar refractivity (Wildman–Crippen MR) is 92.6 cm³/mol. The smallest absolute Gasteiger partial charge is 0.227 e. The highest BCUT2D eigenvalue weighted by atomic mass is 32.2. The first-order chi connectivity index (χ1) is 11.9. The standard InChI is InChI=1S/C17H21N3O4S/c1-12-5-3-4-6-14(12)17-18-15(24-19-17)7-8-16(21)20(2)13-9-10-25(22,23)11-13/h3-6,13H,7-11H2,1-2H3. The van der Waals surface area contributed by atoms with Crippen molar-refractivity contribution in [1.82, 2.24) is 15.0 Å². The fraction of sp³-hybridized carbons (Fsp3) is 0.471. The number of benzene rings is 1. The number of rotatable bonds is 5. The summed E-state index contributed by atoms with van der Waals surface area (Å²) in [5.74, 6) is 0.999. The topological polar surface area (TPSA) is 93.4 Å². The lowest BCUT2D eigenvalue weighted by atomic mass is 10.1. The van der Waals surface area contributed by atoms with Crippen LogP contribution in [0.25, 0.3) is 11.4 Å². The molecule has 0 spiro atoms. The minimum absolute atomic E-state index is 0.0488. The summed E-state index contributed by atoms with van der Waals surface area (Å²) in [4.78, 5) is 18.2. The summed E-state index contributed by atoms with van der Waals surface area (Å²) < 4.78 is 28.3. The molecule has 1 saturated heterocycles. The molecule has 1 amide bonds. The fourth-order valence-electron chi connectivity index (χ4n) is 2.96. The number of carbonyl (C=O) groups is 1. The Morgan fingerprint density at radius 3 is 2.80 bits per heavy atom. The first kappa shape index (κ1) is 17.6. The first-order valence-electron chi connectivity index (χ1n) is 8.20. The Bertz CT molecular complexity index is 876. The molecule has 1 unspecified atom stereocenters. The minimum atomic E-state index is -3.01. The van der Waals surface area contributed by atoms with Gasteiger partial charge in [-0.15, -0.1) is 0 Å². The maximum atomic E-state index is 12.3. The Morgan fingerprint density at radius 2 is 2.12 bits per heavy atom. The van der Waals surface area contributed by atoms with Gasteiger partial charge < -0.3 is 9.42 Å². The van der Waals surface area contributed by atoms with Crippen LogP contribution in [0, 0.1) is 6.92 Å². The van der Waals surface area contributed by atoms with Crippen molar-refractivity contribution in [3.63, 3.8) is 0 Å². The van der Waals surface area contributed by atoms with Gasteiger partial charge in [0.15, 0.2) is 9.84 Å². The molecule has 8 heteroatoms. The largest absolute Gasteiger partial charge is 0.342 e. The van der Waals surface area contributed by atoms with Crippen LogP contribution in [0.1, 0.15) is 24.3 Å². The predicted octanol–water partition coefficient (Wildman–Crippen LogP) is 1.62. The van der Waals surface area contributed by atoms with E-state index >= 15 is 0 Å². The number of carbonyl (C=O) groups excluding carboxylic acids is 1. The number of nitrogens with zero attached hydrogens (tertiary/aromatic N) is 3. The van der Waals surface area contributed by atoms with E-state index in [2.05, 4.69) is 10.1 Å². The zero-order valence-electron chi connectivity index (χ0n) is 14.3. The number of amides is 1. The Balaban J connectivity index is 1.59. The molecule has 2 aromatic rings. The van der Waals surface area contributed by atoms with Gasteiger partial charge in [0.05, 0.1) is 11.5 Å². The summed E-state index contributed by atoms with van der Waals surface area (Å²) in [7, 11) is -1.35. The second-order valence-corrected chi connectivity index (χ2v) is 8.62. The SMILES string of the molecule is Cc1ccccc1-c1noc(CCC(=O)N(C)C2CCS(=O)(=O)C2)n1. The average molecular weight is 363 g/mol. The fourth-order valence-corrected chi connectivity index (χ4v) is 4.74. The number of aromatic nitrogens is 2. The summed E-state index contributed by atoms with van der Waals surface area (Å²) in [6.07, 6.45) is 1.05. The van der Waals surface area contributed by atoms with Gasteiger partial charge in [-0.3, -0.25) is 4.79 Å². The van der Waals surface area contributed by atoms with Crippen molar-refractivity contribution < 1.29 is 17.7 Å². The molecule has 3 rings (SSSR count). The van der Waals surface area contributed by atoms with E-state index in [4.69, 9.17) is 4.52 Å². The molecule has 0 saturated carbocycles. The van der Waals surface area contributed by atoms with Crippen molar-refractivity contribution in [3.8, 4) is 11.4 Å². The minimum Gasteiger partial charge on any atom is -0.342 e. The molecule has 1 fully saturated rings. The van der Waals surface area contributed by atoms with Gasteiger partial charge in [0.25, 0.3) is 0 Å². The van der Waals surface area contributed by atoms with E-state index < -0.39 is 9.84 Å². The van der Waals surface area contributed by atoms with E-state index in [-0.39, 0.29) is 29.9 Å². The van der Waals surface area contributed by atoms with Crippen LogP contribution in [0.2, 0.25) is 0 Å². The zero-order chi connectivity index (χ0) is 18.0. The molecule has 0 bridgehead atoms. The third-order valence-electron chi connectivity index (χ3n) is 4.56. The molecule has 134 valence electrons. The molecule has 0 radical (unpaired) electrons. The van der Waals surface area contributed by atoms with E-state index in [9.17, 15) is 13.2 Å². The van der Waals surface area contributed by atoms with Gasteiger partial charge >= 0.3 is 0 Å². The Labute approximate surface area is 146 Å². The molecular weight excluding hydrogens is 342 g/mol. The summed E-state index contributed by atoms with van der Waals surface area (Å²) in [5.41, 5.74) is 1.95. The molecule has 1 aromatic heterocycles. The van der Waals surface area contributed by atoms with Crippen molar-refractivity contribution in [1.29, 1.82) is 0 Å². The van der Waals surface area contributed by atoms with E-state index in [0.29, 0.717) is 24.6 Å². The number of hydrogen-bond donors (Lipinski definition) is 0. The van der Waals surface area contributed by atoms with Gasteiger partial charge in [-0.05, 0) is 18.9 Å². The summed E-state index contributed by atoms with van der Waals surface area (Å²) >= 11 is 0. The highest BCUT2D eigenvalue weighted by Crippen LogP contribution is 2.21. The molecule has 1 aromatic carbocycles. The van der Waals surface area contributed by atoms with Crippen LogP contribution >= 0.6 is 0 Å². The lowest BCUT2D eigenvalue weighted by Gasteiger charge is -2.23. The third-order valence-corrected chi connectivity index (χ3v) is 6.31. The molecule has 0 N–H and O–H groups in total. The molecule has 1 aliphatic heterocycles. The zero-order valence-corrected chi connectivity index (χ0v) is 15.1. The maximum Gasteiger partial charge on any atom is 0.227 e. The van der Waals surface area contributed by atoms with Gasteiger partial charge in [0.1, 0.15) is 0 Å². The highest BCUT2D eigenvalue weighted by molar-refractivity contribution is 7.91. The molecule has 7 nitrogen and oxygen atoms in total. The lowest BCUT2D eigenvalue weighted by Crippen LogP contribution is -2.37. The van der Waals surface area contributed by atoms with E-state index in [1.165, 1.54) is 4.90 Å². The van der Waals surface area contributed by atoms with Crippen molar-refractivity contribution in [3.05, 3.63) is 35.7 Å². The molecule has 1 atom stereocenters.